The number of hydrogen-bond donors (Lipinski definition) is 3. The first-order chi connectivity index (χ1) is 10.2. The molecular weight excluding hydrogens is 282 g/mol. The largest absolute Gasteiger partial charge is 0.397 e. The fourth-order valence-electron chi connectivity index (χ4n) is 2.79. The Morgan fingerprint density at radius 2 is 2.19 bits per heavy atom. The number of carbonyl (C=O) groups excluding carboxylic acids is 1. The van der Waals surface area contributed by atoms with Crippen molar-refractivity contribution >= 4 is 29.0 Å². The highest BCUT2D eigenvalue weighted by atomic mass is 32.2. The minimum absolute atomic E-state index is 0.0496. The summed E-state index contributed by atoms with van der Waals surface area (Å²) in [5, 5.41) is 7.02. The quantitative estimate of drug-likeness (QED) is 0.707. The maximum atomic E-state index is 11.9. The maximum Gasteiger partial charge on any atom is 0.251 e. The number of nitrogens with two attached hydrogens (primary N) is 1. The Labute approximate surface area is 131 Å². The van der Waals surface area contributed by atoms with Crippen molar-refractivity contribution in [2.75, 3.05) is 23.3 Å². The summed E-state index contributed by atoms with van der Waals surface area (Å²) in [6, 6.07) is 5.90. The van der Waals surface area contributed by atoms with Gasteiger partial charge in [-0.05, 0) is 43.7 Å². The zero-order chi connectivity index (χ0) is 15.2. The van der Waals surface area contributed by atoms with Crippen molar-refractivity contribution in [2.45, 2.75) is 44.4 Å². The second kappa shape index (κ2) is 7.59. The summed E-state index contributed by atoms with van der Waals surface area (Å²) in [6.45, 7) is 4.74. The molecule has 116 valence electrons. The maximum absolute atomic E-state index is 11.9. The summed E-state index contributed by atoms with van der Waals surface area (Å²) in [7, 11) is 0. The van der Waals surface area contributed by atoms with E-state index < -0.39 is 0 Å². The van der Waals surface area contributed by atoms with E-state index in [1.165, 1.54) is 19.3 Å². The number of nitrogens with one attached hydrogen (secondary N) is 2. The van der Waals surface area contributed by atoms with Crippen molar-refractivity contribution in [3.63, 3.8) is 0 Å². The molecule has 0 bridgehead atoms. The van der Waals surface area contributed by atoms with E-state index in [1.54, 1.807) is 6.07 Å². The number of anilines is 2. The lowest BCUT2D eigenvalue weighted by molar-refractivity contribution is 0.0956. The molecule has 0 aromatic heterocycles. The molecule has 4 N–H and O–H groups in total. The van der Waals surface area contributed by atoms with Crippen LogP contribution >= 0.6 is 11.8 Å². The van der Waals surface area contributed by atoms with E-state index in [1.807, 2.05) is 30.8 Å². The molecule has 1 aliphatic rings. The smallest absolute Gasteiger partial charge is 0.251 e. The average Bonchev–Trinajstić information content (AvgIpc) is 2.89. The van der Waals surface area contributed by atoms with Crippen LogP contribution < -0.4 is 16.4 Å². The van der Waals surface area contributed by atoms with Gasteiger partial charge in [0.05, 0.1) is 11.4 Å². The van der Waals surface area contributed by atoms with Crippen LogP contribution in [0.4, 0.5) is 11.4 Å². The summed E-state index contributed by atoms with van der Waals surface area (Å²) >= 11 is 2.01. The van der Waals surface area contributed by atoms with Crippen LogP contribution in [0, 0.1) is 0 Å². The summed E-state index contributed by atoms with van der Waals surface area (Å²) in [5.41, 5.74) is 8.30. The third kappa shape index (κ3) is 4.06. The topological polar surface area (TPSA) is 67.2 Å². The van der Waals surface area contributed by atoms with Gasteiger partial charge in [0.1, 0.15) is 0 Å². The van der Waals surface area contributed by atoms with E-state index in [4.69, 9.17) is 5.73 Å². The molecule has 1 aliphatic carbocycles. The molecule has 2 unspecified atom stereocenters. The van der Waals surface area contributed by atoms with Gasteiger partial charge in [0.25, 0.3) is 5.91 Å². The van der Waals surface area contributed by atoms with Gasteiger partial charge in [0.2, 0.25) is 0 Å². The third-order valence-corrected chi connectivity index (χ3v) is 5.15. The standard InChI is InChI=1S/C16H25N3OS/c1-3-18-16(20)11-8-9-12(17)14(10-11)19-13-6-5-7-15(13)21-4-2/h8-10,13,15,19H,3-7,17H2,1-2H3,(H,18,20). The Hall–Kier alpha value is -1.36. The highest BCUT2D eigenvalue weighted by Crippen LogP contribution is 2.33. The van der Waals surface area contributed by atoms with Crippen molar-refractivity contribution in [2.24, 2.45) is 0 Å². The minimum atomic E-state index is -0.0496. The van der Waals surface area contributed by atoms with E-state index in [0.717, 1.165) is 11.4 Å². The van der Waals surface area contributed by atoms with E-state index in [2.05, 4.69) is 17.6 Å². The normalized spacial score (nSPS) is 21.2. The predicted octanol–water partition coefficient (Wildman–Crippen LogP) is 3.10. The molecule has 21 heavy (non-hydrogen) atoms. The molecule has 1 saturated carbocycles. The van der Waals surface area contributed by atoms with Gasteiger partial charge >= 0.3 is 0 Å². The van der Waals surface area contributed by atoms with Gasteiger partial charge in [-0.2, -0.15) is 11.8 Å². The van der Waals surface area contributed by atoms with Crippen LogP contribution in [0.5, 0.6) is 0 Å². The summed E-state index contributed by atoms with van der Waals surface area (Å²) in [6.07, 6.45) is 3.68. The monoisotopic (exact) mass is 307 g/mol. The van der Waals surface area contributed by atoms with Crippen LogP contribution in [0.2, 0.25) is 0 Å². The number of nitrogen functional groups attached to an aromatic ring is 1. The molecular formula is C16H25N3OS. The number of thioether (sulfide) groups is 1. The van der Waals surface area contributed by atoms with Gasteiger partial charge in [-0.25, -0.2) is 0 Å². The van der Waals surface area contributed by atoms with Crippen LogP contribution in [-0.2, 0) is 0 Å². The molecule has 1 aromatic rings. The highest BCUT2D eigenvalue weighted by molar-refractivity contribution is 7.99. The van der Waals surface area contributed by atoms with Crippen molar-refractivity contribution in [1.82, 2.24) is 5.32 Å². The molecule has 0 spiro atoms. The number of amides is 1. The molecule has 2 rings (SSSR count). The third-order valence-electron chi connectivity index (χ3n) is 3.83. The number of benzene rings is 1. The molecule has 0 heterocycles. The van der Waals surface area contributed by atoms with Gasteiger partial charge in [0.15, 0.2) is 0 Å². The Bertz CT molecular complexity index is 492. The molecule has 4 nitrogen and oxygen atoms in total. The van der Waals surface area contributed by atoms with E-state index in [-0.39, 0.29) is 5.91 Å². The van der Waals surface area contributed by atoms with Gasteiger partial charge < -0.3 is 16.4 Å². The van der Waals surface area contributed by atoms with Crippen molar-refractivity contribution in [3.8, 4) is 0 Å². The Kier molecular flexibility index (Phi) is 5.79. The average molecular weight is 307 g/mol. The summed E-state index contributed by atoms with van der Waals surface area (Å²) in [5.74, 6) is 1.09. The molecule has 2 atom stereocenters. The highest BCUT2D eigenvalue weighted by Gasteiger charge is 2.27. The molecule has 5 heteroatoms. The lowest BCUT2D eigenvalue weighted by atomic mass is 10.1. The fraction of sp³-hybridized carbons (Fsp3) is 0.562. The van der Waals surface area contributed by atoms with Crippen LogP contribution in [0.1, 0.15) is 43.5 Å². The Morgan fingerprint density at radius 3 is 2.90 bits per heavy atom. The Morgan fingerprint density at radius 1 is 1.38 bits per heavy atom. The number of rotatable bonds is 6. The SMILES string of the molecule is CCNC(=O)c1ccc(N)c(NC2CCCC2SCC)c1. The summed E-state index contributed by atoms with van der Waals surface area (Å²) < 4.78 is 0. The molecule has 0 aliphatic heterocycles. The Balaban J connectivity index is 2.11. The van der Waals surface area contributed by atoms with Crippen LogP contribution in [0.3, 0.4) is 0 Å². The second-order valence-electron chi connectivity index (χ2n) is 5.34. The van der Waals surface area contributed by atoms with E-state index in [9.17, 15) is 4.79 Å². The lowest BCUT2D eigenvalue weighted by Crippen LogP contribution is -2.27. The summed E-state index contributed by atoms with van der Waals surface area (Å²) in [4.78, 5) is 11.9. The first kappa shape index (κ1) is 16.0. The first-order valence-corrected chi connectivity index (χ1v) is 8.76. The molecule has 1 amide bonds. The van der Waals surface area contributed by atoms with Crippen molar-refractivity contribution < 1.29 is 4.79 Å². The minimum Gasteiger partial charge on any atom is -0.397 e. The van der Waals surface area contributed by atoms with Gasteiger partial charge in [-0.1, -0.05) is 13.3 Å². The zero-order valence-electron chi connectivity index (χ0n) is 12.8. The van der Waals surface area contributed by atoms with E-state index in [0.29, 0.717) is 29.1 Å². The van der Waals surface area contributed by atoms with Crippen LogP contribution in [0.15, 0.2) is 18.2 Å². The lowest BCUT2D eigenvalue weighted by Gasteiger charge is -2.22. The molecule has 0 radical (unpaired) electrons. The van der Waals surface area contributed by atoms with Gasteiger partial charge in [-0.3, -0.25) is 4.79 Å². The second-order valence-corrected chi connectivity index (χ2v) is 6.85. The predicted molar refractivity (Wildman–Crippen MR) is 92.0 cm³/mol. The number of hydrogen-bond acceptors (Lipinski definition) is 4. The number of carbonyl (C=O) groups is 1. The van der Waals surface area contributed by atoms with Crippen LogP contribution in [0.25, 0.3) is 0 Å². The van der Waals surface area contributed by atoms with E-state index >= 15 is 0 Å². The van der Waals surface area contributed by atoms with Gasteiger partial charge in [0, 0.05) is 23.4 Å². The van der Waals surface area contributed by atoms with Crippen LogP contribution in [-0.4, -0.2) is 29.5 Å². The zero-order valence-corrected chi connectivity index (χ0v) is 13.6. The molecule has 0 saturated heterocycles. The van der Waals surface area contributed by atoms with Gasteiger partial charge in [-0.15, -0.1) is 0 Å². The molecule has 1 fully saturated rings. The fourth-order valence-corrected chi connectivity index (χ4v) is 3.99. The molecule has 1 aromatic carbocycles. The van der Waals surface area contributed by atoms with Crippen molar-refractivity contribution in [3.05, 3.63) is 23.8 Å². The first-order valence-electron chi connectivity index (χ1n) is 7.71. The van der Waals surface area contributed by atoms with Crippen molar-refractivity contribution in [1.29, 1.82) is 0 Å².